The van der Waals surface area contributed by atoms with Crippen molar-refractivity contribution in [2.24, 2.45) is 5.41 Å². The average Bonchev–Trinajstić information content (AvgIpc) is 2.52. The van der Waals surface area contributed by atoms with Gasteiger partial charge < -0.3 is 10.2 Å². The van der Waals surface area contributed by atoms with Gasteiger partial charge in [0.05, 0.1) is 5.02 Å². The van der Waals surface area contributed by atoms with E-state index in [9.17, 15) is 15.0 Å². The second-order valence-electron chi connectivity index (χ2n) is 7.33. The van der Waals surface area contributed by atoms with Crippen LogP contribution in [0.15, 0.2) is 30.4 Å². The van der Waals surface area contributed by atoms with E-state index in [-0.39, 0.29) is 27.7 Å². The van der Waals surface area contributed by atoms with Crippen molar-refractivity contribution in [1.29, 1.82) is 0 Å². The molecule has 0 spiro atoms. The van der Waals surface area contributed by atoms with E-state index < -0.39 is 0 Å². The van der Waals surface area contributed by atoms with E-state index in [1.165, 1.54) is 0 Å². The first-order chi connectivity index (χ1) is 11.6. The minimum atomic E-state index is -0.310. The Morgan fingerprint density at radius 3 is 2.32 bits per heavy atom. The van der Waals surface area contributed by atoms with Crippen molar-refractivity contribution in [3.05, 3.63) is 46.5 Å². The lowest BCUT2D eigenvalue weighted by Crippen LogP contribution is -2.17. The van der Waals surface area contributed by atoms with Gasteiger partial charge in [0.2, 0.25) is 0 Å². The number of carbonyl (C=O) groups is 1. The summed E-state index contributed by atoms with van der Waals surface area (Å²) in [7, 11) is 0. The van der Waals surface area contributed by atoms with Gasteiger partial charge in [0.15, 0.2) is 5.78 Å². The van der Waals surface area contributed by atoms with Crippen LogP contribution in [-0.2, 0) is 11.2 Å². The lowest BCUT2D eigenvalue weighted by molar-refractivity contribution is -0.121. The maximum Gasteiger partial charge on any atom is 0.160 e. The third kappa shape index (κ3) is 6.95. The largest absolute Gasteiger partial charge is 0.508 e. The van der Waals surface area contributed by atoms with Crippen molar-refractivity contribution in [2.45, 2.75) is 59.8 Å². The van der Waals surface area contributed by atoms with Crippen molar-refractivity contribution >= 4 is 17.4 Å². The zero-order valence-electron chi connectivity index (χ0n) is 15.6. The molecule has 0 unspecified atom stereocenters. The molecule has 2 N–H and O–H groups in total. The zero-order chi connectivity index (χ0) is 19.0. The Morgan fingerprint density at radius 2 is 1.72 bits per heavy atom. The molecule has 25 heavy (non-hydrogen) atoms. The van der Waals surface area contributed by atoms with Crippen LogP contribution in [0.4, 0.5) is 0 Å². The molecular weight excluding hydrogens is 336 g/mol. The molecule has 0 aromatic heterocycles. The van der Waals surface area contributed by atoms with Crippen molar-refractivity contribution < 1.29 is 15.0 Å². The molecule has 0 aliphatic rings. The molecule has 0 saturated heterocycles. The lowest BCUT2D eigenvalue weighted by Gasteiger charge is -2.12. The normalized spacial score (nSPS) is 12.4. The molecule has 0 bridgehead atoms. The molecular formula is C21H29ClO3. The van der Waals surface area contributed by atoms with Crippen LogP contribution in [0.25, 0.3) is 0 Å². The van der Waals surface area contributed by atoms with Gasteiger partial charge in [-0.1, -0.05) is 50.6 Å². The van der Waals surface area contributed by atoms with E-state index in [1.807, 2.05) is 39.0 Å². The van der Waals surface area contributed by atoms with Gasteiger partial charge in [-0.3, -0.25) is 4.79 Å². The summed E-state index contributed by atoms with van der Waals surface area (Å²) in [5, 5.41) is 20.2. The third-order valence-electron chi connectivity index (χ3n) is 3.99. The Morgan fingerprint density at radius 1 is 1.12 bits per heavy atom. The number of aryl methyl sites for hydroxylation is 1. The zero-order valence-corrected chi connectivity index (χ0v) is 16.4. The summed E-state index contributed by atoms with van der Waals surface area (Å²) < 4.78 is 0. The molecule has 4 heteroatoms. The van der Waals surface area contributed by atoms with Crippen LogP contribution in [-0.4, -0.2) is 16.0 Å². The van der Waals surface area contributed by atoms with Gasteiger partial charge in [-0.25, -0.2) is 0 Å². The van der Waals surface area contributed by atoms with Gasteiger partial charge >= 0.3 is 0 Å². The molecule has 0 heterocycles. The molecule has 1 aromatic carbocycles. The van der Waals surface area contributed by atoms with Crippen LogP contribution in [0.1, 0.15) is 57.6 Å². The monoisotopic (exact) mass is 364 g/mol. The molecule has 0 saturated carbocycles. The van der Waals surface area contributed by atoms with Crippen molar-refractivity contribution in [3.63, 3.8) is 0 Å². The number of allylic oxidation sites excluding steroid dienone is 4. The van der Waals surface area contributed by atoms with E-state index in [0.717, 1.165) is 25.7 Å². The highest BCUT2D eigenvalue weighted by molar-refractivity contribution is 6.33. The second-order valence-corrected chi connectivity index (χ2v) is 7.71. The van der Waals surface area contributed by atoms with Crippen LogP contribution in [0.2, 0.25) is 5.02 Å². The van der Waals surface area contributed by atoms with Crippen LogP contribution in [0, 0.1) is 12.3 Å². The smallest absolute Gasteiger partial charge is 0.160 e. The van der Waals surface area contributed by atoms with E-state index in [0.29, 0.717) is 17.5 Å². The summed E-state index contributed by atoms with van der Waals surface area (Å²) in [5.41, 5.74) is 0.799. The molecule has 0 atom stereocenters. The van der Waals surface area contributed by atoms with Crippen molar-refractivity contribution in [1.82, 2.24) is 0 Å². The first-order valence-corrected chi connectivity index (χ1v) is 9.08. The fraction of sp³-hybridized carbons (Fsp3) is 0.476. The Kier molecular flexibility index (Phi) is 8.24. The SMILES string of the molecule is Cc1cc(O)c(C/C=C/CCCC/C=C/C(=O)C(C)(C)C)c(O)c1Cl. The predicted molar refractivity (Wildman–Crippen MR) is 104 cm³/mol. The Labute approximate surface area is 156 Å². The van der Waals surface area contributed by atoms with Gasteiger partial charge in [0, 0.05) is 11.0 Å². The first-order valence-electron chi connectivity index (χ1n) is 8.70. The number of benzene rings is 1. The third-order valence-corrected chi connectivity index (χ3v) is 4.47. The topological polar surface area (TPSA) is 57.5 Å². The summed E-state index contributed by atoms with van der Waals surface area (Å²) in [6.07, 6.45) is 11.9. The van der Waals surface area contributed by atoms with Crippen LogP contribution < -0.4 is 0 Å². The maximum absolute atomic E-state index is 11.7. The van der Waals surface area contributed by atoms with Crippen LogP contribution >= 0.6 is 11.6 Å². The number of ketones is 1. The molecule has 3 nitrogen and oxygen atoms in total. The van der Waals surface area contributed by atoms with E-state index in [2.05, 4.69) is 0 Å². The lowest BCUT2D eigenvalue weighted by atomic mass is 9.90. The van der Waals surface area contributed by atoms with Crippen molar-refractivity contribution in [2.75, 3.05) is 0 Å². The van der Waals surface area contributed by atoms with Gasteiger partial charge in [-0.2, -0.15) is 0 Å². The number of phenolic OH excluding ortho intramolecular Hbond substituents is 2. The van der Waals surface area contributed by atoms with E-state index in [4.69, 9.17) is 11.6 Å². The minimum absolute atomic E-state index is 0.0440. The molecule has 1 aromatic rings. The summed E-state index contributed by atoms with van der Waals surface area (Å²) in [4.78, 5) is 11.7. The summed E-state index contributed by atoms with van der Waals surface area (Å²) >= 11 is 6.00. The molecule has 1 rings (SSSR count). The first kappa shape index (κ1) is 21.3. The second kappa shape index (κ2) is 9.67. The highest BCUT2D eigenvalue weighted by atomic mass is 35.5. The van der Waals surface area contributed by atoms with Gasteiger partial charge in [-0.15, -0.1) is 0 Å². The summed E-state index contributed by atoms with van der Waals surface area (Å²) in [6, 6.07) is 1.57. The van der Waals surface area contributed by atoms with E-state index >= 15 is 0 Å². The average molecular weight is 365 g/mol. The van der Waals surface area contributed by atoms with Crippen LogP contribution in [0.5, 0.6) is 11.5 Å². The van der Waals surface area contributed by atoms with Gasteiger partial charge in [-0.05, 0) is 56.7 Å². The van der Waals surface area contributed by atoms with Crippen LogP contribution in [0.3, 0.4) is 0 Å². The number of hydrogen-bond acceptors (Lipinski definition) is 3. The fourth-order valence-corrected chi connectivity index (χ4v) is 2.45. The predicted octanol–water partition coefficient (Wildman–Crippen LogP) is 5.89. The molecule has 0 amide bonds. The highest BCUT2D eigenvalue weighted by Crippen LogP contribution is 2.37. The fourth-order valence-electron chi connectivity index (χ4n) is 2.28. The number of unbranched alkanes of at least 4 members (excludes halogenated alkanes) is 3. The number of aromatic hydroxyl groups is 2. The van der Waals surface area contributed by atoms with Crippen molar-refractivity contribution in [3.8, 4) is 11.5 Å². The number of phenols is 2. The summed E-state index contributed by atoms with van der Waals surface area (Å²) in [6.45, 7) is 7.49. The molecule has 0 aliphatic carbocycles. The Bertz CT molecular complexity index is 652. The molecule has 0 aliphatic heterocycles. The number of hydrogen-bond donors (Lipinski definition) is 2. The maximum atomic E-state index is 11.7. The Balaban J connectivity index is 2.33. The molecule has 0 radical (unpaired) electrons. The van der Waals surface area contributed by atoms with E-state index in [1.54, 1.807) is 19.1 Å². The highest BCUT2D eigenvalue weighted by Gasteiger charge is 2.17. The van der Waals surface area contributed by atoms with Gasteiger partial charge in [0.25, 0.3) is 0 Å². The quantitative estimate of drug-likeness (QED) is 0.343. The standard InChI is InChI=1S/C21H29ClO3/c1-15-14-17(23)16(20(25)19(15)22)12-10-8-6-5-7-9-11-13-18(24)21(2,3)4/h8,10-11,13-14,23,25H,5-7,9,12H2,1-4H3/b10-8+,13-11+. The van der Waals surface area contributed by atoms with Gasteiger partial charge in [0.1, 0.15) is 11.5 Å². The number of carbonyl (C=O) groups excluding carboxylic acids is 1. The number of halogens is 1. The summed E-state index contributed by atoms with van der Waals surface area (Å²) in [5.74, 6) is 0.180. The number of rotatable bonds is 8. The Hall–Kier alpha value is -1.74. The minimum Gasteiger partial charge on any atom is -0.508 e. The molecule has 138 valence electrons. The molecule has 0 fully saturated rings.